The average Bonchev–Trinajstić information content (AvgIpc) is 2.72. The second-order valence-electron chi connectivity index (χ2n) is 6.11. The molecule has 7 heteroatoms. The monoisotopic (exact) mass is 396 g/mol. The molecule has 0 aliphatic carbocycles. The minimum Gasteiger partial charge on any atom is -0.468 e. The fourth-order valence-electron chi connectivity index (χ4n) is 3.11. The van der Waals surface area contributed by atoms with Crippen molar-refractivity contribution < 1.29 is 18.7 Å². The number of carbonyl (C=O) groups is 2. The molecule has 1 heterocycles. The maximum absolute atomic E-state index is 13.9. The first-order valence-corrected chi connectivity index (χ1v) is 9.49. The van der Waals surface area contributed by atoms with Crippen molar-refractivity contribution in [1.29, 1.82) is 5.26 Å². The molecule has 1 N–H and O–H groups in total. The highest BCUT2D eigenvalue weighted by atomic mass is 32.2. The molecule has 0 radical (unpaired) electrons. The molecule has 2 atom stereocenters. The van der Waals surface area contributed by atoms with Crippen molar-refractivity contribution in [3.8, 4) is 6.07 Å². The van der Waals surface area contributed by atoms with Crippen molar-refractivity contribution in [1.82, 2.24) is 5.32 Å². The molecule has 1 amide bonds. The summed E-state index contributed by atoms with van der Waals surface area (Å²) in [5, 5.41) is 12.8. The molecule has 0 saturated heterocycles. The normalized spacial score (nSPS) is 19.0. The second kappa shape index (κ2) is 8.72. The first kappa shape index (κ1) is 19.6. The molecule has 0 unspecified atom stereocenters. The molecule has 5 nitrogen and oxygen atoms in total. The van der Waals surface area contributed by atoms with Crippen molar-refractivity contribution in [2.75, 3.05) is 7.11 Å². The lowest BCUT2D eigenvalue weighted by Gasteiger charge is -2.31. The van der Waals surface area contributed by atoms with Gasteiger partial charge in [-0.25, -0.2) is 4.39 Å². The van der Waals surface area contributed by atoms with Crippen LogP contribution in [0.3, 0.4) is 0 Å². The zero-order valence-corrected chi connectivity index (χ0v) is 15.8. The number of carbonyl (C=O) groups excluding carboxylic acids is 2. The summed E-state index contributed by atoms with van der Waals surface area (Å²) in [6, 6.07) is 17.3. The van der Waals surface area contributed by atoms with Crippen LogP contribution in [0.4, 0.5) is 4.39 Å². The molecule has 0 fully saturated rings. The number of hydrogen-bond acceptors (Lipinski definition) is 5. The maximum Gasteiger partial charge on any atom is 0.319 e. The third-order valence-electron chi connectivity index (χ3n) is 4.47. The van der Waals surface area contributed by atoms with Gasteiger partial charge < -0.3 is 10.1 Å². The van der Waals surface area contributed by atoms with Crippen LogP contribution in [0.1, 0.15) is 17.0 Å². The van der Waals surface area contributed by atoms with Crippen molar-refractivity contribution in [3.05, 3.63) is 82.1 Å². The largest absolute Gasteiger partial charge is 0.468 e. The molecular weight excluding hydrogens is 379 g/mol. The first-order chi connectivity index (χ1) is 13.6. The lowest BCUT2D eigenvalue weighted by molar-refractivity contribution is -0.150. The quantitative estimate of drug-likeness (QED) is 0.618. The standard InChI is InChI=1S/C21H17FN2O3S/c1-27-21(26)18-17(13-7-3-2-4-8-13)15(11-23)20(24-19(18)25)28-12-14-9-5-6-10-16(14)22/h2-10,17-18H,12H2,1H3,(H,24,25)/t17-,18+/m1/s1. The number of nitrogens with one attached hydrogen (secondary N) is 1. The van der Waals surface area contributed by atoms with Crippen LogP contribution in [-0.2, 0) is 20.1 Å². The first-order valence-electron chi connectivity index (χ1n) is 8.51. The van der Waals surface area contributed by atoms with E-state index in [1.54, 1.807) is 42.5 Å². The number of allylic oxidation sites excluding steroid dienone is 1. The van der Waals surface area contributed by atoms with Crippen LogP contribution in [0.5, 0.6) is 0 Å². The van der Waals surface area contributed by atoms with Crippen LogP contribution in [0.15, 0.2) is 65.2 Å². The number of methoxy groups -OCH3 is 1. The Labute approximate surface area is 166 Å². The fraction of sp³-hybridized carbons (Fsp3) is 0.190. The summed E-state index contributed by atoms with van der Waals surface area (Å²) in [6.07, 6.45) is 0. The van der Waals surface area contributed by atoms with Crippen LogP contribution in [0.2, 0.25) is 0 Å². The number of nitriles is 1. The van der Waals surface area contributed by atoms with Gasteiger partial charge in [0.1, 0.15) is 11.7 Å². The fourth-order valence-corrected chi connectivity index (χ4v) is 4.14. The lowest BCUT2D eigenvalue weighted by atomic mass is 9.78. The summed E-state index contributed by atoms with van der Waals surface area (Å²) < 4.78 is 18.7. The van der Waals surface area contributed by atoms with Gasteiger partial charge in [0, 0.05) is 11.7 Å². The predicted molar refractivity (Wildman–Crippen MR) is 103 cm³/mol. The Morgan fingerprint density at radius 2 is 1.89 bits per heavy atom. The molecule has 0 bridgehead atoms. The summed E-state index contributed by atoms with van der Waals surface area (Å²) in [7, 11) is 1.20. The predicted octanol–water partition coefficient (Wildman–Crippen LogP) is 3.50. The van der Waals surface area contributed by atoms with Gasteiger partial charge in [-0.05, 0) is 17.2 Å². The Morgan fingerprint density at radius 1 is 1.21 bits per heavy atom. The number of rotatable bonds is 5. The van der Waals surface area contributed by atoms with E-state index in [1.165, 1.54) is 13.2 Å². The minimum atomic E-state index is -1.17. The van der Waals surface area contributed by atoms with E-state index in [-0.39, 0.29) is 17.1 Å². The molecule has 142 valence electrons. The average molecular weight is 396 g/mol. The molecule has 0 saturated carbocycles. The third kappa shape index (κ3) is 3.92. The summed E-state index contributed by atoms with van der Waals surface area (Å²) in [5.74, 6) is -3.32. The van der Waals surface area contributed by atoms with Crippen LogP contribution in [-0.4, -0.2) is 19.0 Å². The van der Waals surface area contributed by atoms with Gasteiger partial charge in [0.15, 0.2) is 0 Å². The highest BCUT2D eigenvalue weighted by Crippen LogP contribution is 2.40. The molecule has 1 aliphatic rings. The highest BCUT2D eigenvalue weighted by Gasteiger charge is 2.44. The molecule has 0 spiro atoms. The van der Waals surface area contributed by atoms with Crippen molar-refractivity contribution in [3.63, 3.8) is 0 Å². The molecule has 2 aromatic rings. The topological polar surface area (TPSA) is 79.2 Å². The smallest absolute Gasteiger partial charge is 0.319 e. The Bertz CT molecular complexity index is 969. The van der Waals surface area contributed by atoms with Gasteiger partial charge in [-0.2, -0.15) is 5.26 Å². The summed E-state index contributed by atoms with van der Waals surface area (Å²) in [5.41, 5.74) is 1.37. The van der Waals surface area contributed by atoms with Gasteiger partial charge in [0.2, 0.25) is 5.91 Å². The molecule has 0 aromatic heterocycles. The van der Waals surface area contributed by atoms with Crippen LogP contribution in [0, 0.1) is 23.1 Å². The Kier molecular flexibility index (Phi) is 6.12. The van der Waals surface area contributed by atoms with Crippen molar-refractivity contribution in [2.45, 2.75) is 11.7 Å². The van der Waals surface area contributed by atoms with Gasteiger partial charge >= 0.3 is 5.97 Å². The number of benzene rings is 2. The zero-order valence-electron chi connectivity index (χ0n) is 15.0. The minimum absolute atomic E-state index is 0.234. The Balaban J connectivity index is 2.01. The zero-order chi connectivity index (χ0) is 20.1. The molecule has 1 aliphatic heterocycles. The third-order valence-corrected chi connectivity index (χ3v) is 5.54. The van der Waals surface area contributed by atoms with E-state index in [0.717, 1.165) is 11.8 Å². The Morgan fingerprint density at radius 3 is 2.54 bits per heavy atom. The van der Waals surface area contributed by atoms with Crippen molar-refractivity contribution in [2.24, 2.45) is 5.92 Å². The molecule has 2 aromatic carbocycles. The highest BCUT2D eigenvalue weighted by molar-refractivity contribution is 8.02. The van der Waals surface area contributed by atoms with Gasteiger partial charge in [-0.3, -0.25) is 9.59 Å². The van der Waals surface area contributed by atoms with E-state index in [9.17, 15) is 19.2 Å². The Hall–Kier alpha value is -3.11. The number of ether oxygens (including phenoxy) is 1. The number of esters is 1. The van der Waals surface area contributed by atoms with E-state index in [1.807, 2.05) is 6.07 Å². The van der Waals surface area contributed by atoms with Gasteiger partial charge in [0.25, 0.3) is 0 Å². The lowest BCUT2D eigenvalue weighted by Crippen LogP contribution is -2.44. The molecule has 3 rings (SSSR count). The van der Waals surface area contributed by atoms with E-state index in [2.05, 4.69) is 11.4 Å². The number of nitrogens with zero attached hydrogens (tertiary/aromatic N) is 1. The summed E-state index contributed by atoms with van der Waals surface area (Å²) in [6.45, 7) is 0. The van der Waals surface area contributed by atoms with Crippen LogP contribution in [0.25, 0.3) is 0 Å². The van der Waals surface area contributed by atoms with Gasteiger partial charge in [0.05, 0.1) is 23.8 Å². The second-order valence-corrected chi connectivity index (χ2v) is 7.10. The molecule has 28 heavy (non-hydrogen) atoms. The molecular formula is C21H17FN2O3S. The number of halogens is 1. The van der Waals surface area contributed by atoms with E-state index < -0.39 is 23.7 Å². The van der Waals surface area contributed by atoms with E-state index >= 15 is 0 Å². The maximum atomic E-state index is 13.9. The van der Waals surface area contributed by atoms with Gasteiger partial charge in [-0.15, -0.1) is 11.8 Å². The van der Waals surface area contributed by atoms with Crippen LogP contribution < -0.4 is 5.32 Å². The van der Waals surface area contributed by atoms with Gasteiger partial charge in [-0.1, -0.05) is 48.5 Å². The number of thioether (sulfide) groups is 1. The number of amides is 1. The van der Waals surface area contributed by atoms with E-state index in [0.29, 0.717) is 16.2 Å². The van der Waals surface area contributed by atoms with Crippen LogP contribution >= 0.6 is 11.8 Å². The summed E-state index contributed by atoms with van der Waals surface area (Å²) in [4.78, 5) is 25.0. The summed E-state index contributed by atoms with van der Waals surface area (Å²) >= 11 is 1.15. The number of hydrogen-bond donors (Lipinski definition) is 1. The SMILES string of the molecule is COC(=O)[C@@H]1C(=O)NC(SCc2ccccc2F)=C(C#N)[C@H]1c1ccccc1. The van der Waals surface area contributed by atoms with Crippen molar-refractivity contribution >= 4 is 23.6 Å². The van der Waals surface area contributed by atoms with E-state index in [4.69, 9.17) is 4.74 Å².